The number of hydrogen-bond donors (Lipinski definition) is 0. The van der Waals surface area contributed by atoms with Gasteiger partial charge in [0.1, 0.15) is 11.3 Å². The van der Waals surface area contributed by atoms with Gasteiger partial charge in [0.25, 0.3) is 5.91 Å². The molecule has 0 aliphatic carbocycles. The number of hydrogen-bond acceptors (Lipinski definition) is 6. The number of nitrogens with zero attached hydrogens (tertiary/aromatic N) is 3. The van der Waals surface area contributed by atoms with Crippen LogP contribution < -0.4 is 9.64 Å². The molecule has 0 bridgehead atoms. The maximum absolute atomic E-state index is 12.9. The number of benzene rings is 1. The number of likely N-dealkylation sites (N-methyl/N-ethyl adjacent to an activating group) is 1. The lowest BCUT2D eigenvalue weighted by Crippen LogP contribution is -2.36. The molecule has 25 heavy (non-hydrogen) atoms. The molecule has 1 amide bonds. The topological polar surface area (TPSA) is 58.8 Å². The first-order chi connectivity index (χ1) is 12.0. The van der Waals surface area contributed by atoms with Crippen LogP contribution in [0.1, 0.15) is 16.1 Å². The monoisotopic (exact) mass is 359 g/mol. The summed E-state index contributed by atoms with van der Waals surface area (Å²) in [6.45, 7) is 3.27. The Balaban J connectivity index is 2.04. The van der Waals surface area contributed by atoms with E-state index in [0.717, 1.165) is 22.3 Å². The van der Waals surface area contributed by atoms with Crippen LogP contribution in [0.3, 0.4) is 0 Å². The highest BCUT2D eigenvalue weighted by Gasteiger charge is 2.24. The molecule has 2 aromatic heterocycles. The van der Waals surface area contributed by atoms with Gasteiger partial charge in [-0.3, -0.25) is 9.69 Å². The predicted molar refractivity (Wildman–Crippen MR) is 99.8 cm³/mol. The number of aryl methyl sites for hydroxylation is 1. The fourth-order valence-electron chi connectivity index (χ4n) is 2.50. The van der Waals surface area contributed by atoms with E-state index in [-0.39, 0.29) is 5.91 Å². The Hall–Kier alpha value is -2.38. The number of carbonyl (C=O) groups excluding carboxylic acids is 1. The third-order valence-corrected chi connectivity index (χ3v) is 5.10. The van der Waals surface area contributed by atoms with Crippen molar-refractivity contribution in [1.29, 1.82) is 0 Å². The lowest BCUT2D eigenvalue weighted by Gasteiger charge is -2.20. The summed E-state index contributed by atoms with van der Waals surface area (Å²) in [5.41, 5.74) is 1.89. The van der Waals surface area contributed by atoms with Gasteiger partial charge in [-0.05, 0) is 44.8 Å². The van der Waals surface area contributed by atoms with Gasteiger partial charge in [-0.15, -0.1) is 0 Å². The molecule has 0 atom stereocenters. The zero-order chi connectivity index (χ0) is 18.0. The molecule has 0 saturated heterocycles. The minimum Gasteiger partial charge on any atom is -0.494 e. The van der Waals surface area contributed by atoms with E-state index in [2.05, 4.69) is 0 Å². The summed E-state index contributed by atoms with van der Waals surface area (Å²) >= 11 is 1.49. The molecule has 0 fully saturated rings. The van der Waals surface area contributed by atoms with Crippen LogP contribution in [0.2, 0.25) is 0 Å². The zero-order valence-corrected chi connectivity index (χ0v) is 15.6. The number of furan rings is 1. The second kappa shape index (κ2) is 7.25. The Morgan fingerprint density at radius 2 is 2.08 bits per heavy atom. The van der Waals surface area contributed by atoms with Crippen LogP contribution in [0.4, 0.5) is 5.13 Å². The Kier molecular flexibility index (Phi) is 5.06. The minimum atomic E-state index is -0.192. The van der Waals surface area contributed by atoms with Gasteiger partial charge in [-0.2, -0.15) is 0 Å². The Morgan fingerprint density at radius 3 is 2.72 bits per heavy atom. The number of thiazole rings is 1. The molecule has 132 valence electrons. The van der Waals surface area contributed by atoms with Gasteiger partial charge in [-0.25, -0.2) is 4.98 Å². The second-order valence-electron chi connectivity index (χ2n) is 6.00. The quantitative estimate of drug-likeness (QED) is 0.675. The summed E-state index contributed by atoms with van der Waals surface area (Å²) in [7, 11) is 5.57. The summed E-state index contributed by atoms with van der Waals surface area (Å²) < 4.78 is 11.7. The molecule has 3 rings (SSSR count). The van der Waals surface area contributed by atoms with Crippen molar-refractivity contribution in [2.75, 3.05) is 39.2 Å². The molecule has 0 aliphatic rings. The smallest absolute Gasteiger partial charge is 0.295 e. The van der Waals surface area contributed by atoms with E-state index < -0.39 is 0 Å². The summed E-state index contributed by atoms with van der Waals surface area (Å²) in [6.07, 6.45) is 1.50. The molecule has 0 unspecified atom stereocenters. The number of amides is 1. The van der Waals surface area contributed by atoms with Gasteiger partial charge in [0.05, 0.1) is 18.1 Å². The first kappa shape index (κ1) is 17.4. The van der Waals surface area contributed by atoms with E-state index >= 15 is 0 Å². The lowest BCUT2D eigenvalue weighted by atomic mass is 10.2. The first-order valence-corrected chi connectivity index (χ1v) is 8.77. The molecule has 2 heterocycles. The summed E-state index contributed by atoms with van der Waals surface area (Å²) in [4.78, 5) is 21.3. The molecular formula is C18H21N3O3S. The van der Waals surface area contributed by atoms with Gasteiger partial charge in [0.15, 0.2) is 10.9 Å². The molecule has 3 aromatic rings. The number of rotatable bonds is 6. The minimum absolute atomic E-state index is 0.192. The number of aromatic nitrogens is 1. The van der Waals surface area contributed by atoms with E-state index in [1.807, 2.05) is 38.1 Å². The maximum atomic E-state index is 12.9. The fourth-order valence-corrected chi connectivity index (χ4v) is 3.57. The van der Waals surface area contributed by atoms with Gasteiger partial charge in [0, 0.05) is 13.1 Å². The molecule has 7 heteroatoms. The van der Waals surface area contributed by atoms with Crippen molar-refractivity contribution in [3.05, 3.63) is 41.9 Å². The predicted octanol–water partition coefficient (Wildman–Crippen LogP) is 3.41. The zero-order valence-electron chi connectivity index (χ0n) is 14.8. The van der Waals surface area contributed by atoms with Crippen LogP contribution in [-0.4, -0.2) is 50.1 Å². The Morgan fingerprint density at radius 1 is 1.28 bits per heavy atom. The summed E-state index contributed by atoms with van der Waals surface area (Å²) in [6, 6.07) is 7.29. The van der Waals surface area contributed by atoms with Gasteiger partial charge in [0.2, 0.25) is 0 Å². The van der Waals surface area contributed by atoms with Crippen LogP contribution in [0.25, 0.3) is 10.2 Å². The van der Waals surface area contributed by atoms with Gasteiger partial charge >= 0.3 is 0 Å². The Labute approximate surface area is 150 Å². The number of carbonyl (C=O) groups is 1. The van der Waals surface area contributed by atoms with Crippen LogP contribution >= 0.6 is 11.3 Å². The summed E-state index contributed by atoms with van der Waals surface area (Å²) in [5, 5.41) is 0.644. The standard InChI is InChI=1S/C18H21N3O3S/c1-12-7-8-13(23-4)15-16(12)25-18(19-15)21(10-9-20(2)3)17(22)14-6-5-11-24-14/h5-8,11H,9-10H2,1-4H3. The third kappa shape index (κ3) is 3.52. The molecular weight excluding hydrogens is 338 g/mol. The largest absolute Gasteiger partial charge is 0.494 e. The maximum Gasteiger partial charge on any atom is 0.295 e. The third-order valence-electron chi connectivity index (χ3n) is 3.89. The van der Waals surface area contributed by atoms with Crippen LogP contribution in [0.5, 0.6) is 5.75 Å². The van der Waals surface area contributed by atoms with E-state index in [1.54, 1.807) is 24.1 Å². The molecule has 1 aromatic carbocycles. The van der Waals surface area contributed by atoms with Crippen molar-refractivity contribution in [2.24, 2.45) is 0 Å². The highest BCUT2D eigenvalue weighted by atomic mass is 32.1. The number of fused-ring (bicyclic) bond motifs is 1. The molecule has 0 radical (unpaired) electrons. The second-order valence-corrected chi connectivity index (χ2v) is 6.97. The number of anilines is 1. The van der Waals surface area contributed by atoms with Crippen LogP contribution in [0.15, 0.2) is 34.9 Å². The average Bonchev–Trinajstić information content (AvgIpc) is 3.25. The van der Waals surface area contributed by atoms with Crippen molar-refractivity contribution < 1.29 is 13.9 Å². The van der Waals surface area contributed by atoms with Crippen molar-refractivity contribution in [3.63, 3.8) is 0 Å². The number of ether oxygens (including phenoxy) is 1. The summed E-state index contributed by atoms with van der Waals surface area (Å²) in [5.74, 6) is 0.824. The van der Waals surface area contributed by atoms with Crippen LogP contribution in [-0.2, 0) is 0 Å². The highest BCUT2D eigenvalue weighted by molar-refractivity contribution is 7.22. The van der Waals surface area contributed by atoms with Crippen molar-refractivity contribution in [1.82, 2.24) is 9.88 Å². The van der Waals surface area contributed by atoms with E-state index in [9.17, 15) is 4.79 Å². The van der Waals surface area contributed by atoms with Crippen molar-refractivity contribution >= 4 is 32.6 Å². The molecule has 6 nitrogen and oxygen atoms in total. The SMILES string of the molecule is COc1ccc(C)c2sc(N(CCN(C)C)C(=O)c3ccco3)nc12. The first-order valence-electron chi connectivity index (χ1n) is 7.95. The number of methoxy groups -OCH3 is 1. The normalized spacial score (nSPS) is 11.2. The van der Waals surface area contributed by atoms with Crippen LogP contribution in [0, 0.1) is 6.92 Å². The molecule has 0 saturated carbocycles. The highest BCUT2D eigenvalue weighted by Crippen LogP contribution is 2.36. The van der Waals surface area contributed by atoms with Gasteiger partial charge < -0.3 is 14.1 Å². The molecule has 0 N–H and O–H groups in total. The molecule has 0 spiro atoms. The van der Waals surface area contributed by atoms with Crippen molar-refractivity contribution in [2.45, 2.75) is 6.92 Å². The Bertz CT molecular complexity index is 871. The van der Waals surface area contributed by atoms with Gasteiger partial charge in [-0.1, -0.05) is 17.4 Å². The van der Waals surface area contributed by atoms with E-state index in [4.69, 9.17) is 14.1 Å². The van der Waals surface area contributed by atoms with E-state index in [1.165, 1.54) is 17.6 Å². The van der Waals surface area contributed by atoms with E-state index in [0.29, 0.717) is 23.2 Å². The fraction of sp³-hybridized carbons (Fsp3) is 0.333. The lowest BCUT2D eigenvalue weighted by molar-refractivity contribution is 0.0958. The van der Waals surface area contributed by atoms with Crippen molar-refractivity contribution in [3.8, 4) is 5.75 Å². The average molecular weight is 359 g/mol. The molecule has 0 aliphatic heterocycles.